The Morgan fingerprint density at radius 3 is 2.53 bits per heavy atom. The van der Waals surface area contributed by atoms with Crippen molar-refractivity contribution >= 4 is 17.6 Å². The Morgan fingerprint density at radius 1 is 1.27 bits per heavy atom. The molecule has 0 bridgehead atoms. The average Bonchev–Trinajstić information content (AvgIpc) is 2.20. The van der Waals surface area contributed by atoms with E-state index in [1.807, 2.05) is 0 Å². The fourth-order valence-electron chi connectivity index (χ4n) is 1.43. The molecule has 76 valence electrons. The Bertz CT molecular complexity index is 460. The fourth-order valence-corrected chi connectivity index (χ4v) is 1.43. The molecule has 0 fully saturated rings. The summed E-state index contributed by atoms with van der Waals surface area (Å²) < 4.78 is 12.7. The molecule has 1 aromatic carbocycles. The maximum absolute atomic E-state index is 12.7. The summed E-state index contributed by atoms with van der Waals surface area (Å²) in [6, 6.07) is 5.40. The molecule has 3 nitrogen and oxygen atoms in total. The van der Waals surface area contributed by atoms with E-state index >= 15 is 0 Å². The summed E-state index contributed by atoms with van der Waals surface area (Å²) in [6.07, 6.45) is 1.24. The first-order valence-corrected chi connectivity index (χ1v) is 4.40. The quantitative estimate of drug-likeness (QED) is 0.759. The number of aliphatic hydroxyl groups excluding tert-OH is 1. The van der Waals surface area contributed by atoms with Crippen LogP contribution in [0, 0.1) is 5.82 Å². The molecule has 1 aromatic rings. The lowest BCUT2D eigenvalue weighted by Gasteiger charge is -2.10. The van der Waals surface area contributed by atoms with Crippen LogP contribution in [0.2, 0.25) is 0 Å². The van der Waals surface area contributed by atoms with Gasteiger partial charge in [0.15, 0.2) is 5.78 Å². The van der Waals surface area contributed by atoms with Gasteiger partial charge in [-0.2, -0.15) is 0 Å². The Morgan fingerprint density at radius 2 is 1.93 bits per heavy atom. The van der Waals surface area contributed by atoms with Crippen LogP contribution in [0.1, 0.15) is 5.56 Å². The second kappa shape index (κ2) is 3.65. The van der Waals surface area contributed by atoms with Crippen molar-refractivity contribution in [1.82, 2.24) is 0 Å². The summed E-state index contributed by atoms with van der Waals surface area (Å²) in [5.74, 6) is -0.810. The number of halogens is 1. The average molecular weight is 205 g/mol. The topological polar surface area (TPSA) is 49.7 Å². The van der Waals surface area contributed by atoms with Crippen LogP contribution in [0.15, 0.2) is 35.0 Å². The number of aliphatic hydroxyl groups is 1. The predicted molar refractivity (Wildman–Crippen MR) is 54.3 cm³/mol. The van der Waals surface area contributed by atoms with Crippen molar-refractivity contribution in [2.24, 2.45) is 4.99 Å². The van der Waals surface area contributed by atoms with Crippen LogP contribution < -0.4 is 0 Å². The third kappa shape index (κ3) is 1.79. The van der Waals surface area contributed by atoms with Crippen molar-refractivity contribution in [3.8, 4) is 0 Å². The summed E-state index contributed by atoms with van der Waals surface area (Å²) in [7, 11) is 0. The lowest BCUT2D eigenvalue weighted by molar-refractivity contribution is -0.112. The number of aliphatic imine (C=N–C) groups is 1. The smallest absolute Gasteiger partial charge is 0.188 e. The lowest BCUT2D eigenvalue weighted by Crippen LogP contribution is -2.13. The van der Waals surface area contributed by atoms with Gasteiger partial charge in [-0.15, -0.1) is 0 Å². The van der Waals surface area contributed by atoms with Crippen LogP contribution in [-0.4, -0.2) is 23.6 Å². The molecule has 4 heteroatoms. The Kier molecular flexibility index (Phi) is 2.33. The van der Waals surface area contributed by atoms with E-state index in [1.165, 1.54) is 30.5 Å². The van der Waals surface area contributed by atoms with Crippen molar-refractivity contribution in [3.63, 3.8) is 0 Å². The van der Waals surface area contributed by atoms with Crippen molar-refractivity contribution in [3.05, 3.63) is 41.4 Å². The molecule has 0 aromatic heterocycles. The zero-order valence-corrected chi connectivity index (χ0v) is 7.77. The molecule has 0 saturated carbocycles. The number of carbonyl (C=O) groups is 1. The van der Waals surface area contributed by atoms with Crippen molar-refractivity contribution in [2.75, 3.05) is 6.54 Å². The molecule has 1 N–H and O–H groups in total. The van der Waals surface area contributed by atoms with Gasteiger partial charge in [-0.3, -0.25) is 9.79 Å². The van der Waals surface area contributed by atoms with E-state index in [0.717, 1.165) is 0 Å². The minimum Gasteiger partial charge on any atom is -0.506 e. The third-order valence-corrected chi connectivity index (χ3v) is 2.12. The van der Waals surface area contributed by atoms with E-state index in [0.29, 0.717) is 5.56 Å². The van der Waals surface area contributed by atoms with Gasteiger partial charge in [0.05, 0.1) is 11.8 Å². The number of benzene rings is 1. The number of allylic oxidation sites excluding steroid dienone is 1. The number of Topliss-reactive ketones (excluding diaryl/α,β-unsaturated/α-hetero) is 1. The van der Waals surface area contributed by atoms with E-state index in [2.05, 4.69) is 4.99 Å². The molecule has 0 amide bonds. The Hall–Kier alpha value is -1.97. The van der Waals surface area contributed by atoms with Gasteiger partial charge in [0.2, 0.25) is 0 Å². The van der Waals surface area contributed by atoms with Gasteiger partial charge in [0.25, 0.3) is 0 Å². The summed E-state index contributed by atoms with van der Waals surface area (Å²) >= 11 is 0. The maximum Gasteiger partial charge on any atom is 0.188 e. The first-order chi connectivity index (χ1) is 7.18. The minimum absolute atomic E-state index is 0.0246. The number of dihydropyridines is 1. The minimum atomic E-state index is -0.379. The highest BCUT2D eigenvalue weighted by Gasteiger charge is 2.19. The molecular weight excluding hydrogens is 197 g/mol. The molecule has 0 atom stereocenters. The van der Waals surface area contributed by atoms with Gasteiger partial charge in [-0.1, -0.05) is 12.1 Å². The number of ketones is 1. The maximum atomic E-state index is 12.7. The first-order valence-electron chi connectivity index (χ1n) is 4.40. The molecule has 0 unspecified atom stereocenters. The van der Waals surface area contributed by atoms with E-state index in [-0.39, 0.29) is 29.5 Å². The largest absolute Gasteiger partial charge is 0.506 e. The molecule has 0 aliphatic carbocycles. The van der Waals surface area contributed by atoms with Crippen molar-refractivity contribution in [2.45, 2.75) is 0 Å². The fraction of sp³-hybridized carbons (Fsp3) is 0.0909. The van der Waals surface area contributed by atoms with Crippen LogP contribution in [0.3, 0.4) is 0 Å². The summed E-state index contributed by atoms with van der Waals surface area (Å²) in [5, 5.41) is 9.48. The zero-order chi connectivity index (χ0) is 10.8. The monoisotopic (exact) mass is 205 g/mol. The van der Waals surface area contributed by atoms with Gasteiger partial charge in [-0.25, -0.2) is 4.39 Å². The molecule has 0 spiro atoms. The summed E-state index contributed by atoms with van der Waals surface area (Å²) in [4.78, 5) is 15.1. The van der Waals surface area contributed by atoms with Crippen LogP contribution in [0.4, 0.5) is 4.39 Å². The Balaban J connectivity index is 2.49. The normalized spacial score (nSPS) is 15.9. The Labute approximate surface area is 85.6 Å². The highest BCUT2D eigenvalue weighted by atomic mass is 19.1. The number of nitrogens with zero attached hydrogens (tertiary/aromatic N) is 1. The van der Waals surface area contributed by atoms with Gasteiger partial charge >= 0.3 is 0 Å². The molecule has 2 rings (SSSR count). The highest BCUT2D eigenvalue weighted by Crippen LogP contribution is 2.20. The van der Waals surface area contributed by atoms with Crippen molar-refractivity contribution in [1.29, 1.82) is 0 Å². The van der Waals surface area contributed by atoms with E-state index in [1.54, 1.807) is 0 Å². The van der Waals surface area contributed by atoms with E-state index < -0.39 is 0 Å². The second-order valence-electron chi connectivity index (χ2n) is 3.16. The summed E-state index contributed by atoms with van der Waals surface area (Å²) in [5.41, 5.74) is 0.704. The third-order valence-electron chi connectivity index (χ3n) is 2.12. The number of rotatable bonds is 1. The number of carbonyl (C=O) groups excluding carboxylic acids is 1. The van der Waals surface area contributed by atoms with Crippen LogP contribution in [-0.2, 0) is 4.79 Å². The van der Waals surface area contributed by atoms with Crippen molar-refractivity contribution < 1.29 is 14.3 Å². The molecule has 0 saturated heterocycles. The van der Waals surface area contributed by atoms with Crippen LogP contribution >= 0.6 is 0 Å². The predicted octanol–water partition coefficient (Wildman–Crippen LogP) is 1.75. The van der Waals surface area contributed by atoms with Gasteiger partial charge in [-0.05, 0) is 17.7 Å². The lowest BCUT2D eigenvalue weighted by atomic mass is 9.99. The van der Waals surface area contributed by atoms with Gasteiger partial charge in [0.1, 0.15) is 18.1 Å². The molecule has 1 aliphatic heterocycles. The zero-order valence-electron chi connectivity index (χ0n) is 7.77. The molecular formula is C11H8FNO2. The number of hydrogen-bond acceptors (Lipinski definition) is 3. The molecule has 1 heterocycles. The number of hydrogen-bond donors (Lipinski definition) is 1. The SMILES string of the molecule is O=C1CN=CC(O)=C1c1ccc(F)cc1. The first kappa shape index (κ1) is 9.58. The van der Waals surface area contributed by atoms with Gasteiger partial charge in [0, 0.05) is 0 Å². The highest BCUT2D eigenvalue weighted by molar-refractivity contribution is 6.27. The van der Waals surface area contributed by atoms with Crippen LogP contribution in [0.25, 0.3) is 5.57 Å². The van der Waals surface area contributed by atoms with Crippen LogP contribution in [0.5, 0.6) is 0 Å². The summed E-state index contributed by atoms with van der Waals surface area (Å²) in [6.45, 7) is 0.0246. The molecule has 15 heavy (non-hydrogen) atoms. The standard InChI is InChI=1S/C11H8FNO2/c12-8-3-1-7(2-4-8)11-9(14)5-13-6-10(11)15/h1-5,14H,6H2. The van der Waals surface area contributed by atoms with E-state index in [9.17, 15) is 14.3 Å². The van der Waals surface area contributed by atoms with Gasteiger partial charge < -0.3 is 5.11 Å². The van der Waals surface area contributed by atoms with E-state index in [4.69, 9.17) is 0 Å². The second-order valence-corrected chi connectivity index (χ2v) is 3.16. The molecule has 1 aliphatic rings. The molecule has 0 radical (unpaired) electrons.